The zero-order valence-corrected chi connectivity index (χ0v) is 15.1. The third kappa shape index (κ3) is 4.35. The Morgan fingerprint density at radius 2 is 1.00 bits per heavy atom. The van der Waals surface area contributed by atoms with Gasteiger partial charge >= 0.3 is 0 Å². The summed E-state index contributed by atoms with van der Waals surface area (Å²) in [7, 11) is -2.41. The van der Waals surface area contributed by atoms with Gasteiger partial charge in [-0.15, -0.1) is 23.2 Å². The van der Waals surface area contributed by atoms with Gasteiger partial charge in [0.1, 0.15) is 17.6 Å². The Kier molecular flexibility index (Phi) is 6.60. The number of benzene rings is 2. The van der Waals surface area contributed by atoms with Crippen molar-refractivity contribution in [3.8, 4) is 0 Å². The fraction of sp³-hybridized carbons (Fsp3) is 0.125. The molecule has 2 aromatic carbocycles. The van der Waals surface area contributed by atoms with Crippen LogP contribution in [0.5, 0.6) is 0 Å². The molecule has 2 rings (SSSR count). The van der Waals surface area contributed by atoms with Gasteiger partial charge in [0.2, 0.25) is 0 Å². The molecule has 0 aromatic heterocycles. The first-order chi connectivity index (χ1) is 9.85. The predicted octanol–water partition coefficient (Wildman–Crippen LogP) is 2.45. The van der Waals surface area contributed by atoms with E-state index in [4.69, 9.17) is 23.2 Å². The Morgan fingerprint density at radius 3 is 1.30 bits per heavy atom. The van der Waals surface area contributed by atoms with Gasteiger partial charge in [0.25, 0.3) is 0 Å². The molecule has 0 saturated carbocycles. The van der Waals surface area contributed by atoms with E-state index in [1.807, 2.05) is 12.1 Å². The molecule has 2 aromatic rings. The Balaban J connectivity index is 2.13. The average Bonchev–Trinajstić information content (AvgIpc) is 2.53. The number of hydrogen-bond acceptors (Lipinski definition) is 0. The van der Waals surface area contributed by atoms with E-state index in [-0.39, 0.29) is 0 Å². The lowest BCUT2D eigenvalue weighted by Crippen LogP contribution is -2.34. The second-order valence-corrected chi connectivity index (χ2v) is 11.7. The maximum atomic E-state index is 6.17. The van der Waals surface area contributed by atoms with Gasteiger partial charge in [0.05, 0.1) is 0 Å². The van der Waals surface area contributed by atoms with Crippen molar-refractivity contribution in [1.29, 1.82) is 0 Å². The first-order valence-corrected chi connectivity index (χ1v) is 11.9. The van der Waals surface area contributed by atoms with E-state index in [1.165, 1.54) is 10.4 Å². The van der Waals surface area contributed by atoms with E-state index < -0.39 is 17.6 Å². The Bertz CT molecular complexity index is 479. The molecule has 2 atom stereocenters. The number of halogens is 2. The first kappa shape index (κ1) is 15.6. The first-order valence-electron chi connectivity index (χ1n) is 6.75. The molecule has 0 radical (unpaired) electrons. The van der Waals surface area contributed by atoms with Crippen LogP contribution in [0.2, 0.25) is 0 Å². The highest BCUT2D eigenvalue weighted by molar-refractivity contribution is 6.87. The van der Waals surface area contributed by atoms with Gasteiger partial charge in [0.15, 0.2) is 0 Å². The smallest absolute Gasteiger partial charge is 0.108 e. The highest BCUT2D eigenvalue weighted by Gasteiger charge is 2.12. The fourth-order valence-electron chi connectivity index (χ4n) is 2.17. The monoisotopic (exact) mass is 336 g/mol. The van der Waals surface area contributed by atoms with E-state index in [2.05, 4.69) is 59.9 Å². The summed E-state index contributed by atoms with van der Waals surface area (Å²) in [5, 5.41) is 2.79. The van der Waals surface area contributed by atoms with E-state index >= 15 is 0 Å². The zero-order valence-electron chi connectivity index (χ0n) is 11.3. The highest BCUT2D eigenvalue weighted by Crippen LogP contribution is 1.98. The Labute approximate surface area is 134 Å². The molecular weight excluding hydrogens is 319 g/mol. The zero-order chi connectivity index (χ0) is 14.2. The molecule has 0 nitrogen and oxygen atoms in total. The topological polar surface area (TPSA) is 0 Å². The van der Waals surface area contributed by atoms with Crippen LogP contribution in [-0.4, -0.2) is 28.6 Å². The molecule has 0 spiro atoms. The quantitative estimate of drug-likeness (QED) is 0.561. The summed E-state index contributed by atoms with van der Waals surface area (Å²) in [5.41, 5.74) is 6.21. The lowest BCUT2D eigenvalue weighted by molar-refractivity contribution is 1.74. The molecule has 0 amide bonds. The third-order valence-corrected chi connectivity index (χ3v) is 10.3. The number of alkyl halides is 2. The van der Waals surface area contributed by atoms with Crippen LogP contribution in [0.4, 0.5) is 0 Å². The average molecular weight is 337 g/mol. The predicted molar refractivity (Wildman–Crippen MR) is 97.0 cm³/mol. The van der Waals surface area contributed by atoms with Crippen molar-refractivity contribution in [2.45, 2.75) is 0 Å². The van der Waals surface area contributed by atoms with Crippen LogP contribution in [-0.2, 0) is 0 Å². The van der Waals surface area contributed by atoms with Crippen LogP contribution in [0.1, 0.15) is 0 Å². The van der Waals surface area contributed by atoms with Crippen molar-refractivity contribution in [3.05, 3.63) is 72.1 Å². The second kappa shape index (κ2) is 8.47. The highest BCUT2D eigenvalue weighted by atomic mass is 35.5. The molecule has 0 aliphatic heterocycles. The van der Waals surface area contributed by atoms with Crippen molar-refractivity contribution in [2.24, 2.45) is 0 Å². The van der Waals surface area contributed by atoms with Crippen molar-refractivity contribution in [3.63, 3.8) is 0 Å². The molecule has 0 aliphatic carbocycles. The normalized spacial score (nSPS) is 14.3. The minimum absolute atomic E-state index is 0.735. The van der Waals surface area contributed by atoms with Crippen LogP contribution in [0, 0.1) is 0 Å². The van der Waals surface area contributed by atoms with Crippen LogP contribution >= 0.6 is 23.2 Å². The second-order valence-electron chi connectivity index (χ2n) is 4.73. The SMILES string of the molecule is ClC[SiH](C=C[SiH](CCl)c1ccccc1)c1ccccc1. The number of hydrogen-bond donors (Lipinski definition) is 0. The van der Waals surface area contributed by atoms with E-state index in [0.717, 1.165) is 11.0 Å². The molecule has 4 heteroatoms. The van der Waals surface area contributed by atoms with Crippen molar-refractivity contribution < 1.29 is 0 Å². The summed E-state index contributed by atoms with van der Waals surface area (Å²) in [6.07, 6.45) is 0. The van der Waals surface area contributed by atoms with Gasteiger partial charge in [-0.3, -0.25) is 0 Å². The lowest BCUT2D eigenvalue weighted by Gasteiger charge is -2.11. The molecule has 0 fully saturated rings. The summed E-state index contributed by atoms with van der Waals surface area (Å²) in [4.78, 5) is 0. The van der Waals surface area contributed by atoms with Gasteiger partial charge in [-0.25, -0.2) is 0 Å². The van der Waals surface area contributed by atoms with Crippen LogP contribution in [0.3, 0.4) is 0 Å². The minimum atomic E-state index is -1.20. The summed E-state index contributed by atoms with van der Waals surface area (Å²) in [6, 6.07) is 21.2. The minimum Gasteiger partial charge on any atom is -0.130 e. The largest absolute Gasteiger partial charge is 0.130 e. The molecule has 2 unspecified atom stereocenters. The van der Waals surface area contributed by atoms with Gasteiger partial charge in [-0.2, -0.15) is 0 Å². The molecule has 0 heterocycles. The van der Waals surface area contributed by atoms with Gasteiger partial charge in [0, 0.05) is 11.0 Å². The Hall–Kier alpha value is -0.806. The summed E-state index contributed by atoms with van der Waals surface area (Å²) < 4.78 is 0. The van der Waals surface area contributed by atoms with Gasteiger partial charge < -0.3 is 0 Å². The van der Waals surface area contributed by atoms with E-state index in [9.17, 15) is 0 Å². The van der Waals surface area contributed by atoms with Crippen molar-refractivity contribution >= 4 is 51.2 Å². The third-order valence-electron chi connectivity index (χ3n) is 3.36. The summed E-state index contributed by atoms with van der Waals surface area (Å²) in [5.74, 6) is 0. The number of rotatable bonds is 6. The van der Waals surface area contributed by atoms with E-state index in [0.29, 0.717) is 0 Å². The maximum Gasteiger partial charge on any atom is 0.108 e. The van der Waals surface area contributed by atoms with Gasteiger partial charge in [-0.1, -0.05) is 82.4 Å². The molecule has 0 aliphatic rings. The molecule has 20 heavy (non-hydrogen) atoms. The van der Waals surface area contributed by atoms with Gasteiger partial charge in [-0.05, 0) is 0 Å². The van der Waals surface area contributed by atoms with Crippen molar-refractivity contribution in [1.82, 2.24) is 0 Å². The maximum absolute atomic E-state index is 6.17. The van der Waals surface area contributed by atoms with Crippen molar-refractivity contribution in [2.75, 3.05) is 11.0 Å². The molecule has 104 valence electrons. The van der Waals surface area contributed by atoms with E-state index in [1.54, 1.807) is 0 Å². The molecule has 0 bridgehead atoms. The summed E-state index contributed by atoms with van der Waals surface area (Å²) >= 11 is 12.3. The summed E-state index contributed by atoms with van der Waals surface area (Å²) in [6.45, 7) is 0. The standard InChI is InChI=1S/C16H18Cl2Si2/c17-13-19(15-7-3-1-4-8-15)11-12-20(14-18)16-9-5-2-6-10-16/h1-12,19-20H,13-14H2. The molecule has 0 saturated heterocycles. The molecule has 0 N–H and O–H groups in total. The van der Waals surface area contributed by atoms with Crippen LogP contribution < -0.4 is 10.4 Å². The molecular formula is C16H18Cl2Si2. The lowest BCUT2D eigenvalue weighted by atomic mass is 10.4. The van der Waals surface area contributed by atoms with Crippen LogP contribution in [0.15, 0.2) is 72.1 Å². The fourth-order valence-corrected chi connectivity index (χ4v) is 8.44. The van der Waals surface area contributed by atoms with Crippen LogP contribution in [0.25, 0.3) is 0 Å². The Morgan fingerprint density at radius 1 is 0.650 bits per heavy atom.